The van der Waals surface area contributed by atoms with E-state index in [1.807, 2.05) is 21.8 Å². The van der Waals surface area contributed by atoms with Gasteiger partial charge in [-0.25, -0.2) is 4.68 Å². The lowest BCUT2D eigenvalue weighted by atomic mass is 10.1. The van der Waals surface area contributed by atoms with Crippen LogP contribution in [0, 0.1) is 0 Å². The Morgan fingerprint density at radius 3 is 2.44 bits per heavy atom. The van der Waals surface area contributed by atoms with Crippen LogP contribution < -0.4 is 0 Å². The summed E-state index contributed by atoms with van der Waals surface area (Å²) in [5.74, 6) is 0. The third kappa shape index (κ3) is 6.99. The summed E-state index contributed by atoms with van der Waals surface area (Å²) >= 11 is 0. The van der Waals surface area contributed by atoms with E-state index in [1.165, 1.54) is 0 Å². The molecule has 0 saturated heterocycles. The molecular weight excluding hydrogens is 344 g/mol. The molecular formula is C17H30N10. The molecule has 0 aliphatic rings. The van der Waals surface area contributed by atoms with Crippen LogP contribution in [-0.4, -0.2) is 48.0 Å². The summed E-state index contributed by atoms with van der Waals surface area (Å²) in [5, 5.41) is 20.6. The minimum atomic E-state index is -0.0977. The van der Waals surface area contributed by atoms with Gasteiger partial charge in [-0.2, -0.15) is 0 Å². The SMILES string of the molecule is CCCCn1cc(CN(CCCN=[N+]=[N-])Cc2cn(C(C)(C)C)nn2)nn1. The molecule has 0 spiro atoms. The molecule has 0 radical (unpaired) electrons. The van der Waals surface area contributed by atoms with Gasteiger partial charge in [-0.3, -0.25) is 9.58 Å². The van der Waals surface area contributed by atoms with Crippen LogP contribution in [0.3, 0.4) is 0 Å². The Bertz CT molecular complexity index is 735. The van der Waals surface area contributed by atoms with Gasteiger partial charge in [0.05, 0.1) is 23.1 Å². The zero-order chi connectivity index (χ0) is 19.7. The lowest BCUT2D eigenvalue weighted by molar-refractivity contribution is 0.249. The van der Waals surface area contributed by atoms with Crippen LogP contribution in [0.1, 0.15) is 58.3 Å². The molecule has 2 rings (SSSR count). The Balaban J connectivity index is 2.02. The van der Waals surface area contributed by atoms with Crippen molar-refractivity contribution in [2.24, 2.45) is 5.11 Å². The average Bonchev–Trinajstić information content (AvgIpc) is 3.26. The van der Waals surface area contributed by atoms with Crippen molar-refractivity contribution in [2.75, 3.05) is 13.1 Å². The van der Waals surface area contributed by atoms with Crippen molar-refractivity contribution in [3.05, 3.63) is 34.2 Å². The number of aromatic nitrogens is 6. The second kappa shape index (κ2) is 10.0. The van der Waals surface area contributed by atoms with Crippen molar-refractivity contribution in [2.45, 2.75) is 72.1 Å². The van der Waals surface area contributed by atoms with Gasteiger partial charge in [-0.15, -0.1) is 10.2 Å². The Morgan fingerprint density at radius 2 is 1.81 bits per heavy atom. The molecule has 27 heavy (non-hydrogen) atoms. The van der Waals surface area contributed by atoms with E-state index in [0.29, 0.717) is 19.6 Å². The molecule has 10 heteroatoms. The van der Waals surface area contributed by atoms with E-state index in [-0.39, 0.29) is 5.54 Å². The fourth-order valence-electron chi connectivity index (χ4n) is 2.62. The summed E-state index contributed by atoms with van der Waals surface area (Å²) in [7, 11) is 0. The summed E-state index contributed by atoms with van der Waals surface area (Å²) < 4.78 is 3.77. The third-order valence-electron chi connectivity index (χ3n) is 4.12. The molecule has 0 aromatic carbocycles. The van der Waals surface area contributed by atoms with Crippen molar-refractivity contribution in [1.82, 2.24) is 34.9 Å². The van der Waals surface area contributed by atoms with Crippen molar-refractivity contribution in [3.63, 3.8) is 0 Å². The standard InChI is InChI=1S/C17H30N10/c1-5-6-10-26-13-15(20-23-26)11-25(9-7-8-19-22-18)12-16-14-27(24-21-16)17(2,3)4/h13-14H,5-12H2,1-4H3. The van der Waals surface area contributed by atoms with Crippen molar-refractivity contribution in [3.8, 4) is 0 Å². The zero-order valence-electron chi connectivity index (χ0n) is 16.8. The van der Waals surface area contributed by atoms with Crippen LogP contribution in [-0.2, 0) is 25.2 Å². The molecule has 0 aliphatic heterocycles. The predicted octanol–water partition coefficient (Wildman–Crippen LogP) is 3.13. The van der Waals surface area contributed by atoms with Crippen LogP contribution in [0.2, 0.25) is 0 Å². The number of hydrogen-bond acceptors (Lipinski definition) is 6. The highest BCUT2D eigenvalue weighted by molar-refractivity contribution is 4.97. The van der Waals surface area contributed by atoms with Crippen LogP contribution in [0.25, 0.3) is 10.4 Å². The largest absolute Gasteiger partial charge is 0.291 e. The fourth-order valence-corrected chi connectivity index (χ4v) is 2.62. The highest BCUT2D eigenvalue weighted by atomic mass is 15.5. The quantitative estimate of drug-likeness (QED) is 0.259. The lowest BCUT2D eigenvalue weighted by Crippen LogP contribution is -2.25. The Hall–Kier alpha value is -2.45. The van der Waals surface area contributed by atoms with Crippen LogP contribution in [0.15, 0.2) is 17.5 Å². The van der Waals surface area contributed by atoms with Crippen molar-refractivity contribution in [1.29, 1.82) is 0 Å². The molecule has 0 aliphatic carbocycles. The van der Waals surface area contributed by atoms with Gasteiger partial charge >= 0.3 is 0 Å². The second-order valence-corrected chi connectivity index (χ2v) is 7.67. The predicted molar refractivity (Wildman–Crippen MR) is 103 cm³/mol. The molecule has 0 saturated carbocycles. The highest BCUT2D eigenvalue weighted by Gasteiger charge is 2.17. The smallest absolute Gasteiger partial charge is 0.0967 e. The second-order valence-electron chi connectivity index (χ2n) is 7.67. The maximum absolute atomic E-state index is 8.46. The highest BCUT2D eigenvalue weighted by Crippen LogP contribution is 2.14. The van der Waals surface area contributed by atoms with Gasteiger partial charge < -0.3 is 0 Å². The number of nitrogens with zero attached hydrogens (tertiary/aromatic N) is 10. The molecule has 0 unspecified atom stereocenters. The number of hydrogen-bond donors (Lipinski definition) is 0. The minimum absolute atomic E-state index is 0.0977. The maximum Gasteiger partial charge on any atom is 0.0967 e. The number of azide groups is 1. The van der Waals surface area contributed by atoms with E-state index in [4.69, 9.17) is 5.53 Å². The number of aryl methyl sites for hydroxylation is 1. The first-order valence-corrected chi connectivity index (χ1v) is 9.46. The Kier molecular flexibility index (Phi) is 7.75. The summed E-state index contributed by atoms with van der Waals surface area (Å²) in [6.45, 7) is 11.9. The zero-order valence-corrected chi connectivity index (χ0v) is 16.8. The maximum atomic E-state index is 8.46. The lowest BCUT2D eigenvalue weighted by Gasteiger charge is -2.20. The monoisotopic (exact) mass is 374 g/mol. The topological polar surface area (TPSA) is 113 Å². The molecule has 10 nitrogen and oxygen atoms in total. The molecule has 0 amide bonds. The number of unbranched alkanes of at least 4 members (excludes halogenated alkanes) is 1. The first kappa shape index (κ1) is 20.9. The van der Waals surface area contributed by atoms with Crippen molar-refractivity contribution >= 4 is 0 Å². The molecule has 148 valence electrons. The van der Waals surface area contributed by atoms with Gasteiger partial charge in [0.1, 0.15) is 0 Å². The van der Waals surface area contributed by atoms with Gasteiger partial charge in [-0.05, 0) is 45.7 Å². The minimum Gasteiger partial charge on any atom is -0.291 e. The molecule has 2 aromatic rings. The Labute approximate surface area is 160 Å². The van der Waals surface area contributed by atoms with E-state index in [1.54, 1.807) is 0 Å². The van der Waals surface area contributed by atoms with Gasteiger partial charge in [0.2, 0.25) is 0 Å². The van der Waals surface area contributed by atoms with E-state index < -0.39 is 0 Å². The van der Waals surface area contributed by atoms with Crippen LogP contribution in [0.5, 0.6) is 0 Å². The van der Waals surface area contributed by atoms with E-state index >= 15 is 0 Å². The van der Waals surface area contributed by atoms with E-state index in [2.05, 4.69) is 63.2 Å². The summed E-state index contributed by atoms with van der Waals surface area (Å²) in [5.41, 5.74) is 10.2. The molecule has 0 fully saturated rings. The first-order valence-electron chi connectivity index (χ1n) is 9.46. The Morgan fingerprint density at radius 1 is 1.11 bits per heavy atom. The summed E-state index contributed by atoms with van der Waals surface area (Å²) in [4.78, 5) is 5.05. The third-order valence-corrected chi connectivity index (χ3v) is 4.12. The molecule has 2 aromatic heterocycles. The van der Waals surface area contributed by atoms with Gasteiger partial charge in [0, 0.05) is 37.3 Å². The molecule has 0 atom stereocenters. The summed E-state index contributed by atoms with van der Waals surface area (Å²) in [6, 6.07) is 0. The molecule has 2 heterocycles. The van der Waals surface area contributed by atoms with Crippen LogP contribution in [0.4, 0.5) is 0 Å². The number of rotatable bonds is 11. The molecule has 0 N–H and O–H groups in total. The summed E-state index contributed by atoms with van der Waals surface area (Å²) in [6.07, 6.45) is 6.99. The van der Waals surface area contributed by atoms with E-state index in [9.17, 15) is 0 Å². The van der Waals surface area contributed by atoms with Crippen molar-refractivity contribution < 1.29 is 0 Å². The first-order chi connectivity index (χ1) is 12.9. The van der Waals surface area contributed by atoms with Crippen LogP contribution >= 0.6 is 0 Å². The van der Waals surface area contributed by atoms with Gasteiger partial charge in [0.25, 0.3) is 0 Å². The normalized spacial score (nSPS) is 11.7. The fraction of sp³-hybridized carbons (Fsp3) is 0.765. The van der Waals surface area contributed by atoms with Gasteiger partial charge in [-0.1, -0.05) is 28.9 Å². The molecule has 0 bridgehead atoms. The van der Waals surface area contributed by atoms with E-state index in [0.717, 1.165) is 43.7 Å². The average molecular weight is 374 g/mol. The van der Waals surface area contributed by atoms with Gasteiger partial charge in [0.15, 0.2) is 0 Å².